The zero-order chi connectivity index (χ0) is 24.1. The van der Waals surface area contributed by atoms with Gasteiger partial charge in [0.2, 0.25) is 0 Å². The number of hydrogen-bond donors (Lipinski definition) is 0. The standard InChI is InChI=1S/C28H33.C3H6.2ClH.Zr/c1-18-9-12-25(19(18)2)28(27(6,7)8)14-13-24-21(17-28)15-20-16-22(26(3,4)5)10-11-23(20)24;1-3-2;;;/h9-11,13-16H,12H2,1-8H3;1-2H3;2*1H;/q-1;;;;. The van der Waals surface area contributed by atoms with Crippen molar-refractivity contribution in [3.8, 4) is 0 Å². The van der Waals surface area contributed by atoms with Gasteiger partial charge < -0.3 is 0 Å². The molecule has 0 heterocycles. The van der Waals surface area contributed by atoms with Crippen LogP contribution in [0.3, 0.4) is 0 Å². The second kappa shape index (κ2) is 11.1. The van der Waals surface area contributed by atoms with Crippen LogP contribution in [-0.4, -0.2) is 3.21 Å². The predicted octanol–water partition coefficient (Wildman–Crippen LogP) is 7.52. The molecule has 1 aromatic rings. The average molecular weight is 576 g/mol. The van der Waals surface area contributed by atoms with Crippen molar-refractivity contribution in [2.24, 2.45) is 10.8 Å². The molecule has 34 heavy (non-hydrogen) atoms. The number of rotatable bonds is 1. The van der Waals surface area contributed by atoms with E-state index in [-0.39, 0.29) is 41.1 Å². The van der Waals surface area contributed by atoms with Crippen molar-refractivity contribution in [2.45, 2.75) is 81.1 Å². The van der Waals surface area contributed by atoms with E-state index in [0.717, 1.165) is 6.42 Å². The van der Waals surface area contributed by atoms with E-state index >= 15 is 0 Å². The second-order valence-corrected chi connectivity index (χ2v) is 14.2. The molecule has 0 aliphatic heterocycles. The Morgan fingerprint density at radius 3 is 2.06 bits per heavy atom. The molecule has 4 rings (SSSR count). The minimum atomic E-state index is -0.157. The molecule has 0 saturated heterocycles. The molecule has 0 radical (unpaired) electrons. The fraction of sp³-hybridized carbons (Fsp3) is 0.452. The van der Waals surface area contributed by atoms with Gasteiger partial charge in [0.15, 0.2) is 0 Å². The number of allylic oxidation sites excluding steroid dienone is 8. The maximum atomic E-state index is 4.01. The van der Waals surface area contributed by atoms with E-state index in [0.29, 0.717) is 0 Å². The molecule has 3 aliphatic carbocycles. The number of benzene rings is 1. The first-order valence-electron chi connectivity index (χ1n) is 11.8. The molecule has 0 spiro atoms. The Labute approximate surface area is 235 Å². The zero-order valence-corrected chi connectivity index (χ0v) is 26.7. The maximum absolute atomic E-state index is 4.01. The van der Waals surface area contributed by atoms with Gasteiger partial charge in [-0.2, -0.15) is 17.7 Å². The van der Waals surface area contributed by atoms with Gasteiger partial charge in [0.05, 0.1) is 0 Å². The van der Waals surface area contributed by atoms with Crippen molar-refractivity contribution in [2.75, 3.05) is 0 Å². The van der Waals surface area contributed by atoms with Gasteiger partial charge in [-0.25, -0.2) is 0 Å². The minimum Gasteiger partial charge on any atom is -0.147 e. The molecule has 0 aromatic heterocycles. The summed E-state index contributed by atoms with van der Waals surface area (Å²) in [5.41, 5.74) is 8.44. The summed E-state index contributed by atoms with van der Waals surface area (Å²) >= 11 is 1.55. The van der Waals surface area contributed by atoms with Gasteiger partial charge in [-0.1, -0.05) is 93.5 Å². The van der Waals surface area contributed by atoms with Crippen LogP contribution in [-0.2, 0) is 29.7 Å². The van der Waals surface area contributed by atoms with Gasteiger partial charge in [0, 0.05) is 0 Å². The average Bonchev–Trinajstić information content (AvgIpc) is 3.18. The van der Waals surface area contributed by atoms with Crippen LogP contribution in [0.5, 0.6) is 0 Å². The summed E-state index contributed by atoms with van der Waals surface area (Å²) in [6, 6.07) is 6.96. The van der Waals surface area contributed by atoms with Gasteiger partial charge in [0.1, 0.15) is 0 Å². The van der Waals surface area contributed by atoms with E-state index in [9.17, 15) is 0 Å². The zero-order valence-electron chi connectivity index (χ0n) is 22.6. The van der Waals surface area contributed by atoms with Crippen LogP contribution >= 0.6 is 24.8 Å². The molecule has 1 atom stereocenters. The fourth-order valence-electron chi connectivity index (χ4n) is 4.84. The number of hydrogen-bond acceptors (Lipinski definition) is 0. The van der Waals surface area contributed by atoms with Gasteiger partial charge in [0.25, 0.3) is 0 Å². The van der Waals surface area contributed by atoms with E-state index in [1.807, 2.05) is 0 Å². The monoisotopic (exact) mass is 573 g/mol. The summed E-state index contributed by atoms with van der Waals surface area (Å²) < 4.78 is 1.51. The van der Waals surface area contributed by atoms with E-state index in [1.54, 1.807) is 24.2 Å². The fourth-order valence-corrected chi connectivity index (χ4v) is 4.84. The maximum Gasteiger partial charge on any atom is -0.147 e. The third kappa shape index (κ3) is 5.96. The predicted molar refractivity (Wildman–Crippen MR) is 152 cm³/mol. The summed E-state index contributed by atoms with van der Waals surface area (Å²) in [5.74, 6) is 0. The van der Waals surface area contributed by atoms with Crippen LogP contribution in [0.1, 0.15) is 81.2 Å². The molecule has 184 valence electrons. The van der Waals surface area contributed by atoms with Crippen molar-refractivity contribution in [3.63, 3.8) is 0 Å². The van der Waals surface area contributed by atoms with Gasteiger partial charge in [-0.15, -0.1) is 36.5 Å². The third-order valence-corrected chi connectivity index (χ3v) is 6.95. The van der Waals surface area contributed by atoms with Crippen LogP contribution < -0.4 is 10.4 Å². The van der Waals surface area contributed by atoms with Crippen LogP contribution in [0.2, 0.25) is 0 Å². The molecular weight excluding hydrogens is 534 g/mol. The first-order chi connectivity index (χ1) is 14.7. The number of fused-ring (bicyclic) bond motifs is 2. The van der Waals surface area contributed by atoms with Gasteiger partial charge in [-0.05, 0) is 47.6 Å². The van der Waals surface area contributed by atoms with Crippen LogP contribution in [0.15, 0.2) is 58.7 Å². The summed E-state index contributed by atoms with van der Waals surface area (Å²) in [4.78, 5) is 0. The molecule has 1 aromatic carbocycles. The first kappa shape index (κ1) is 31.3. The minimum absolute atomic E-state index is 0. The summed E-state index contributed by atoms with van der Waals surface area (Å²) in [7, 11) is 0. The Morgan fingerprint density at radius 1 is 1.00 bits per heavy atom. The van der Waals surface area contributed by atoms with E-state index in [4.69, 9.17) is 0 Å². The van der Waals surface area contributed by atoms with Gasteiger partial charge in [-0.3, -0.25) is 0 Å². The van der Waals surface area contributed by atoms with Crippen LogP contribution in [0, 0.1) is 16.9 Å². The van der Waals surface area contributed by atoms with Gasteiger partial charge >= 0.3 is 41.3 Å². The summed E-state index contributed by atoms with van der Waals surface area (Å²) in [6.07, 6.45) is 14.6. The van der Waals surface area contributed by atoms with Crippen molar-refractivity contribution >= 4 is 39.7 Å². The molecule has 3 heteroatoms. The second-order valence-electron chi connectivity index (χ2n) is 11.7. The molecule has 0 saturated carbocycles. The molecular formula is C31H41Cl2Zr-. The summed E-state index contributed by atoms with van der Waals surface area (Å²) in [5, 5.41) is 2.69. The molecule has 0 bridgehead atoms. The van der Waals surface area contributed by atoms with Crippen molar-refractivity contribution < 1.29 is 24.2 Å². The van der Waals surface area contributed by atoms with E-state index in [2.05, 4.69) is 118 Å². The Bertz CT molecular complexity index is 1200. The first-order valence-corrected chi connectivity index (χ1v) is 13.0. The molecule has 0 amide bonds. The molecule has 3 aliphatic rings. The SMILES string of the molecule is CC1=CCC(C2(C(C)(C)C)[C-]=C3C=c4cc(C(C)(C)C)ccc4=C3C=C2)=C1C.C[C](C)=[Zr].Cl.Cl. The van der Waals surface area contributed by atoms with Crippen LogP contribution in [0.25, 0.3) is 11.6 Å². The Hall–Kier alpha value is -0.747. The molecule has 0 fully saturated rings. The quantitative estimate of drug-likeness (QED) is 0.304. The van der Waals surface area contributed by atoms with Crippen molar-refractivity contribution in [1.82, 2.24) is 0 Å². The molecule has 0 nitrogen and oxygen atoms in total. The molecule has 1 unspecified atom stereocenters. The largest absolute Gasteiger partial charge is 0.147 e. The van der Waals surface area contributed by atoms with Crippen LogP contribution in [0.4, 0.5) is 0 Å². The Kier molecular flexibility index (Phi) is 10.2. The Balaban J connectivity index is 0.000000895. The number of halogens is 2. The van der Waals surface area contributed by atoms with Crippen molar-refractivity contribution in [1.29, 1.82) is 0 Å². The summed E-state index contributed by atoms with van der Waals surface area (Å²) in [6.45, 7) is 22.7. The third-order valence-electron chi connectivity index (χ3n) is 6.95. The molecule has 0 N–H and O–H groups in total. The van der Waals surface area contributed by atoms with Crippen molar-refractivity contribution in [3.05, 3.63) is 80.8 Å². The topological polar surface area (TPSA) is 0 Å². The van der Waals surface area contributed by atoms with E-state index in [1.165, 1.54) is 47.1 Å². The Morgan fingerprint density at radius 2 is 1.59 bits per heavy atom. The smallest absolute Gasteiger partial charge is 0.147 e. The van der Waals surface area contributed by atoms with E-state index < -0.39 is 0 Å². The normalized spacial score (nSPS) is 20.6.